The van der Waals surface area contributed by atoms with Crippen LogP contribution in [0.5, 0.6) is 0 Å². The first-order valence-electron chi connectivity index (χ1n) is 4.30. The van der Waals surface area contributed by atoms with Gasteiger partial charge in [0.1, 0.15) is 0 Å². The third-order valence-electron chi connectivity index (χ3n) is 2.10. The molecule has 0 bridgehead atoms. The fourth-order valence-electron chi connectivity index (χ4n) is 1.12. The summed E-state index contributed by atoms with van der Waals surface area (Å²) in [7, 11) is 0. The number of carbonyl (C=O) groups is 1. The fourth-order valence-corrected chi connectivity index (χ4v) is 1.12. The lowest BCUT2D eigenvalue weighted by molar-refractivity contribution is -0.124. The lowest BCUT2D eigenvalue weighted by Crippen LogP contribution is -2.41. The van der Waals surface area contributed by atoms with Crippen LogP contribution in [0.4, 0.5) is 0 Å². The number of rotatable bonds is 4. The largest absolute Gasteiger partial charge is 0.394 e. The molecule has 0 heterocycles. The number of aliphatic hydroxyl groups is 2. The molecule has 4 heteroatoms. The molecule has 3 N–H and O–H groups in total. The highest BCUT2D eigenvalue weighted by molar-refractivity contribution is 5.76. The van der Waals surface area contributed by atoms with E-state index >= 15 is 0 Å². The van der Waals surface area contributed by atoms with Gasteiger partial charge >= 0.3 is 0 Å². The minimum Gasteiger partial charge on any atom is -0.394 e. The van der Waals surface area contributed by atoms with Crippen LogP contribution in [0.25, 0.3) is 0 Å². The van der Waals surface area contributed by atoms with Crippen LogP contribution in [0.15, 0.2) is 0 Å². The van der Waals surface area contributed by atoms with Crippen LogP contribution < -0.4 is 5.32 Å². The van der Waals surface area contributed by atoms with Crippen LogP contribution in [0.2, 0.25) is 0 Å². The van der Waals surface area contributed by atoms with Gasteiger partial charge in [-0.05, 0) is 19.3 Å². The molecule has 1 aliphatic rings. The van der Waals surface area contributed by atoms with Crippen molar-refractivity contribution in [3.8, 4) is 0 Å². The summed E-state index contributed by atoms with van der Waals surface area (Å²) in [6, 6.07) is 0.309. The van der Waals surface area contributed by atoms with Crippen molar-refractivity contribution >= 4 is 5.91 Å². The minimum absolute atomic E-state index is 0.00694. The van der Waals surface area contributed by atoms with Gasteiger partial charge < -0.3 is 15.5 Å². The van der Waals surface area contributed by atoms with Gasteiger partial charge in [-0.3, -0.25) is 4.79 Å². The molecule has 0 radical (unpaired) electrons. The Morgan fingerprint density at radius 3 is 2.67 bits per heavy atom. The summed E-state index contributed by atoms with van der Waals surface area (Å²) in [4.78, 5) is 11.0. The molecule has 1 rings (SSSR count). The number of aliphatic hydroxyl groups excluding tert-OH is 2. The molecule has 0 aromatic carbocycles. The van der Waals surface area contributed by atoms with Crippen molar-refractivity contribution < 1.29 is 15.0 Å². The number of hydrogen-bond donors (Lipinski definition) is 3. The van der Waals surface area contributed by atoms with Crippen molar-refractivity contribution in [2.45, 2.75) is 37.8 Å². The number of hydrogen-bond acceptors (Lipinski definition) is 3. The van der Waals surface area contributed by atoms with Gasteiger partial charge in [0.15, 0.2) is 0 Å². The quantitative estimate of drug-likeness (QED) is 0.531. The van der Waals surface area contributed by atoms with Gasteiger partial charge in [0.05, 0.1) is 19.1 Å². The predicted octanol–water partition coefficient (Wildman–Crippen LogP) is -0.602. The second kappa shape index (κ2) is 4.42. The van der Waals surface area contributed by atoms with E-state index in [0.29, 0.717) is 6.04 Å². The van der Waals surface area contributed by atoms with Gasteiger partial charge in [-0.15, -0.1) is 0 Å². The average Bonchev–Trinajstić information content (AvgIpc) is 1.97. The summed E-state index contributed by atoms with van der Waals surface area (Å²) < 4.78 is 0. The van der Waals surface area contributed by atoms with Gasteiger partial charge in [0, 0.05) is 6.04 Å². The molecular formula is C8H15NO3. The molecule has 12 heavy (non-hydrogen) atoms. The molecule has 1 aliphatic carbocycles. The van der Waals surface area contributed by atoms with Crippen molar-refractivity contribution in [3.05, 3.63) is 0 Å². The lowest BCUT2D eigenvalue weighted by atomic mass is 9.93. The van der Waals surface area contributed by atoms with Gasteiger partial charge in [-0.25, -0.2) is 0 Å². The first kappa shape index (κ1) is 9.48. The Balaban J connectivity index is 2.10. The van der Waals surface area contributed by atoms with E-state index < -0.39 is 6.10 Å². The van der Waals surface area contributed by atoms with Gasteiger partial charge in [0.2, 0.25) is 5.91 Å². The van der Waals surface area contributed by atoms with E-state index in [1.54, 1.807) is 0 Å². The topological polar surface area (TPSA) is 69.6 Å². The maximum atomic E-state index is 11.0. The summed E-state index contributed by atoms with van der Waals surface area (Å²) >= 11 is 0. The highest BCUT2D eigenvalue weighted by Gasteiger charge is 2.20. The van der Waals surface area contributed by atoms with Crippen molar-refractivity contribution in [3.63, 3.8) is 0 Å². The zero-order valence-electron chi connectivity index (χ0n) is 6.99. The Labute approximate surface area is 71.6 Å². The third kappa shape index (κ3) is 2.79. The molecule has 0 saturated heterocycles. The molecule has 1 amide bonds. The number of nitrogens with one attached hydrogen (secondary N) is 1. The van der Waals surface area contributed by atoms with Gasteiger partial charge in [-0.1, -0.05) is 0 Å². The maximum Gasteiger partial charge on any atom is 0.222 e. The highest BCUT2D eigenvalue weighted by Crippen LogP contribution is 2.17. The average molecular weight is 173 g/mol. The Morgan fingerprint density at radius 2 is 2.25 bits per heavy atom. The maximum absolute atomic E-state index is 11.0. The second-order valence-corrected chi connectivity index (χ2v) is 3.24. The standard InChI is InChI=1S/C8H15NO3/c10-5-7(11)4-8(12)9-6-2-1-3-6/h6-7,10-11H,1-5H2,(H,9,12). The molecule has 0 aromatic heterocycles. The van der Waals surface area contributed by atoms with E-state index in [9.17, 15) is 4.79 Å². The monoisotopic (exact) mass is 173 g/mol. The molecule has 70 valence electrons. The van der Waals surface area contributed by atoms with Crippen LogP contribution in [-0.2, 0) is 4.79 Å². The van der Waals surface area contributed by atoms with E-state index in [1.165, 1.54) is 6.42 Å². The van der Waals surface area contributed by atoms with Gasteiger partial charge in [-0.2, -0.15) is 0 Å². The summed E-state index contributed by atoms with van der Waals surface area (Å²) in [6.45, 7) is -0.349. The van der Waals surface area contributed by atoms with Crippen LogP contribution >= 0.6 is 0 Å². The van der Waals surface area contributed by atoms with Crippen molar-refractivity contribution in [1.29, 1.82) is 0 Å². The van der Waals surface area contributed by atoms with E-state index in [2.05, 4.69) is 5.32 Å². The molecule has 4 nitrogen and oxygen atoms in total. The van der Waals surface area contributed by atoms with Gasteiger partial charge in [0.25, 0.3) is 0 Å². The smallest absolute Gasteiger partial charge is 0.222 e. The zero-order chi connectivity index (χ0) is 8.97. The summed E-state index contributed by atoms with van der Waals surface area (Å²) in [5.74, 6) is -0.166. The summed E-state index contributed by atoms with van der Waals surface area (Å²) in [5.41, 5.74) is 0. The van der Waals surface area contributed by atoms with Crippen LogP contribution in [-0.4, -0.2) is 34.9 Å². The Kier molecular flexibility index (Phi) is 3.49. The molecular weight excluding hydrogens is 158 g/mol. The highest BCUT2D eigenvalue weighted by atomic mass is 16.3. The normalized spacial score (nSPS) is 19.8. The Hall–Kier alpha value is -0.610. The molecule has 1 fully saturated rings. The van der Waals surface area contributed by atoms with E-state index in [4.69, 9.17) is 10.2 Å². The second-order valence-electron chi connectivity index (χ2n) is 3.24. The SMILES string of the molecule is O=C(CC(O)CO)NC1CCC1. The number of amides is 1. The number of carbonyl (C=O) groups excluding carboxylic acids is 1. The fraction of sp³-hybridized carbons (Fsp3) is 0.875. The van der Waals surface area contributed by atoms with Crippen molar-refractivity contribution in [2.24, 2.45) is 0 Å². The minimum atomic E-state index is -0.912. The Bertz CT molecular complexity index is 148. The lowest BCUT2D eigenvalue weighted by Gasteiger charge is -2.26. The third-order valence-corrected chi connectivity index (χ3v) is 2.10. The predicted molar refractivity (Wildman–Crippen MR) is 43.5 cm³/mol. The molecule has 0 aliphatic heterocycles. The molecule has 0 spiro atoms. The first-order valence-corrected chi connectivity index (χ1v) is 4.30. The van der Waals surface area contributed by atoms with E-state index in [1.807, 2.05) is 0 Å². The van der Waals surface area contributed by atoms with Crippen molar-refractivity contribution in [2.75, 3.05) is 6.61 Å². The molecule has 1 saturated carbocycles. The van der Waals surface area contributed by atoms with E-state index in [-0.39, 0.29) is 18.9 Å². The summed E-state index contributed by atoms with van der Waals surface area (Å²) in [5, 5.41) is 20.2. The van der Waals surface area contributed by atoms with Crippen LogP contribution in [0.3, 0.4) is 0 Å². The zero-order valence-corrected chi connectivity index (χ0v) is 6.99. The molecule has 1 unspecified atom stereocenters. The summed E-state index contributed by atoms with van der Waals surface area (Å²) in [6.07, 6.45) is 2.35. The Morgan fingerprint density at radius 1 is 1.58 bits per heavy atom. The van der Waals surface area contributed by atoms with Crippen LogP contribution in [0.1, 0.15) is 25.7 Å². The van der Waals surface area contributed by atoms with E-state index in [0.717, 1.165) is 12.8 Å². The molecule has 0 aromatic rings. The van der Waals surface area contributed by atoms with Crippen molar-refractivity contribution in [1.82, 2.24) is 5.32 Å². The van der Waals surface area contributed by atoms with Crippen LogP contribution in [0, 0.1) is 0 Å². The molecule has 1 atom stereocenters. The first-order chi connectivity index (χ1) is 5.72.